The minimum absolute atomic E-state index is 0.0350. The van der Waals surface area contributed by atoms with Crippen molar-refractivity contribution in [2.75, 3.05) is 7.11 Å². The molecule has 0 aliphatic heterocycles. The Morgan fingerprint density at radius 1 is 1.14 bits per heavy atom. The highest BCUT2D eigenvalue weighted by molar-refractivity contribution is 5.70. The number of esters is 1. The molecule has 0 aromatic carbocycles. The Kier molecular flexibility index (Phi) is 5.67. The molecule has 0 spiro atoms. The number of carbonyl (C=O) groups is 2. The molecule has 1 atom stereocenters. The first-order valence-corrected chi connectivity index (χ1v) is 4.39. The van der Waals surface area contributed by atoms with Gasteiger partial charge in [-0.05, 0) is 20.8 Å². The second-order valence-corrected chi connectivity index (χ2v) is 3.13. The first-order chi connectivity index (χ1) is 6.45. The average molecular weight is 204 g/mol. The molecule has 0 saturated carbocycles. The maximum atomic E-state index is 11.1. The lowest BCUT2D eigenvalue weighted by Crippen LogP contribution is -2.21. The molecule has 0 bridgehead atoms. The van der Waals surface area contributed by atoms with Crippen LogP contribution < -0.4 is 0 Å². The summed E-state index contributed by atoms with van der Waals surface area (Å²) in [7, 11) is 1.21. The monoisotopic (exact) mass is 204 g/mol. The molecule has 0 radical (unpaired) electrons. The van der Waals surface area contributed by atoms with E-state index >= 15 is 0 Å². The van der Waals surface area contributed by atoms with Gasteiger partial charge < -0.3 is 14.2 Å². The van der Waals surface area contributed by atoms with E-state index in [0.717, 1.165) is 0 Å². The number of ether oxygens (including phenoxy) is 3. The summed E-state index contributed by atoms with van der Waals surface area (Å²) < 4.78 is 13.8. The predicted molar refractivity (Wildman–Crippen MR) is 48.8 cm³/mol. The predicted octanol–water partition coefficient (Wildman–Crippen LogP) is 1.50. The van der Waals surface area contributed by atoms with Crippen molar-refractivity contribution in [3.63, 3.8) is 0 Å². The van der Waals surface area contributed by atoms with E-state index in [9.17, 15) is 9.59 Å². The molecule has 0 aliphatic rings. The lowest BCUT2D eigenvalue weighted by atomic mass is 10.3. The summed E-state index contributed by atoms with van der Waals surface area (Å²) in [5.41, 5.74) is 0. The van der Waals surface area contributed by atoms with E-state index in [1.165, 1.54) is 7.11 Å². The van der Waals surface area contributed by atoms with Gasteiger partial charge in [0.25, 0.3) is 0 Å². The summed E-state index contributed by atoms with van der Waals surface area (Å²) in [6.07, 6.45) is -1.45. The number of hydrogen-bond acceptors (Lipinski definition) is 5. The molecular formula is C9H16O5. The summed E-state index contributed by atoms with van der Waals surface area (Å²) in [5, 5.41) is 0. The number of methoxy groups -OCH3 is 1. The maximum Gasteiger partial charge on any atom is 0.508 e. The summed E-state index contributed by atoms with van der Waals surface area (Å²) in [4.78, 5) is 21.7. The van der Waals surface area contributed by atoms with Gasteiger partial charge in [-0.1, -0.05) is 0 Å². The number of hydrogen-bond donors (Lipinski definition) is 0. The zero-order valence-corrected chi connectivity index (χ0v) is 8.90. The Labute approximate surface area is 83.3 Å². The lowest BCUT2D eigenvalue weighted by molar-refractivity contribution is -0.149. The van der Waals surface area contributed by atoms with Gasteiger partial charge in [0, 0.05) is 0 Å². The zero-order chi connectivity index (χ0) is 11.1. The summed E-state index contributed by atoms with van der Waals surface area (Å²) >= 11 is 0. The molecule has 14 heavy (non-hydrogen) atoms. The molecule has 0 aromatic heterocycles. The third-order valence-corrected chi connectivity index (χ3v) is 1.29. The second-order valence-electron chi connectivity index (χ2n) is 3.13. The molecule has 5 heteroatoms. The molecule has 82 valence electrons. The Morgan fingerprint density at radius 2 is 1.71 bits per heavy atom. The maximum absolute atomic E-state index is 11.1. The fourth-order valence-electron chi connectivity index (χ4n) is 0.800. The van der Waals surface area contributed by atoms with E-state index in [1.54, 1.807) is 20.8 Å². The van der Waals surface area contributed by atoms with Gasteiger partial charge in [-0.25, -0.2) is 4.79 Å². The third-order valence-electron chi connectivity index (χ3n) is 1.29. The SMILES string of the molecule is COC(=O)OC(C)CC(=O)OC(C)C. The molecule has 0 aromatic rings. The van der Waals surface area contributed by atoms with Crippen molar-refractivity contribution >= 4 is 12.1 Å². The van der Waals surface area contributed by atoms with Gasteiger partial charge in [-0.15, -0.1) is 0 Å². The molecule has 0 rings (SSSR count). The van der Waals surface area contributed by atoms with Crippen molar-refractivity contribution in [1.82, 2.24) is 0 Å². The fourth-order valence-corrected chi connectivity index (χ4v) is 0.800. The zero-order valence-electron chi connectivity index (χ0n) is 8.90. The Morgan fingerprint density at radius 3 is 2.14 bits per heavy atom. The van der Waals surface area contributed by atoms with Crippen molar-refractivity contribution in [3.05, 3.63) is 0 Å². The summed E-state index contributed by atoms with van der Waals surface area (Å²) in [6.45, 7) is 5.10. The van der Waals surface area contributed by atoms with Crippen LogP contribution >= 0.6 is 0 Å². The van der Waals surface area contributed by atoms with Gasteiger partial charge in [-0.3, -0.25) is 4.79 Å². The van der Waals surface area contributed by atoms with E-state index < -0.39 is 18.2 Å². The van der Waals surface area contributed by atoms with Gasteiger partial charge in [0.1, 0.15) is 6.10 Å². The minimum Gasteiger partial charge on any atom is -0.463 e. The highest BCUT2D eigenvalue weighted by Crippen LogP contribution is 2.02. The topological polar surface area (TPSA) is 61.8 Å². The molecule has 0 N–H and O–H groups in total. The van der Waals surface area contributed by atoms with Crippen LogP contribution in [0.25, 0.3) is 0 Å². The van der Waals surface area contributed by atoms with Crippen molar-refractivity contribution in [2.45, 2.75) is 39.4 Å². The summed E-state index contributed by atoms with van der Waals surface area (Å²) in [5.74, 6) is -0.392. The highest BCUT2D eigenvalue weighted by atomic mass is 16.7. The Hall–Kier alpha value is -1.26. The average Bonchev–Trinajstić information content (AvgIpc) is 2.01. The van der Waals surface area contributed by atoms with Gasteiger partial charge in [0.05, 0.1) is 19.6 Å². The van der Waals surface area contributed by atoms with Crippen LogP contribution in [-0.4, -0.2) is 31.4 Å². The van der Waals surface area contributed by atoms with Gasteiger partial charge >= 0.3 is 12.1 Å². The Balaban J connectivity index is 3.76. The molecule has 0 amide bonds. The number of rotatable bonds is 4. The van der Waals surface area contributed by atoms with Gasteiger partial charge in [0.2, 0.25) is 0 Å². The van der Waals surface area contributed by atoms with Gasteiger partial charge in [-0.2, -0.15) is 0 Å². The molecular weight excluding hydrogens is 188 g/mol. The van der Waals surface area contributed by atoms with Crippen LogP contribution in [0.4, 0.5) is 4.79 Å². The first kappa shape index (κ1) is 12.7. The van der Waals surface area contributed by atoms with Gasteiger partial charge in [0.15, 0.2) is 0 Å². The van der Waals surface area contributed by atoms with Crippen molar-refractivity contribution in [2.24, 2.45) is 0 Å². The standard InChI is InChI=1S/C9H16O5/c1-6(2)13-8(10)5-7(3)14-9(11)12-4/h6-7H,5H2,1-4H3. The van der Waals surface area contributed by atoms with Crippen LogP contribution in [0.2, 0.25) is 0 Å². The van der Waals surface area contributed by atoms with Crippen LogP contribution in [0.1, 0.15) is 27.2 Å². The van der Waals surface area contributed by atoms with E-state index in [2.05, 4.69) is 9.47 Å². The van der Waals surface area contributed by atoms with E-state index in [1.807, 2.05) is 0 Å². The van der Waals surface area contributed by atoms with Crippen molar-refractivity contribution in [1.29, 1.82) is 0 Å². The van der Waals surface area contributed by atoms with E-state index in [-0.39, 0.29) is 12.5 Å². The van der Waals surface area contributed by atoms with Crippen LogP contribution in [0.5, 0.6) is 0 Å². The van der Waals surface area contributed by atoms with Crippen LogP contribution in [0, 0.1) is 0 Å². The molecule has 1 unspecified atom stereocenters. The van der Waals surface area contributed by atoms with E-state index in [4.69, 9.17) is 4.74 Å². The fraction of sp³-hybridized carbons (Fsp3) is 0.778. The smallest absolute Gasteiger partial charge is 0.463 e. The molecule has 0 fully saturated rings. The molecule has 0 aliphatic carbocycles. The van der Waals surface area contributed by atoms with Crippen LogP contribution in [0.3, 0.4) is 0 Å². The third kappa shape index (κ3) is 6.28. The minimum atomic E-state index is -0.796. The van der Waals surface area contributed by atoms with Crippen molar-refractivity contribution < 1.29 is 23.8 Å². The second kappa shape index (κ2) is 6.23. The Bertz CT molecular complexity index is 199. The van der Waals surface area contributed by atoms with Crippen LogP contribution in [-0.2, 0) is 19.0 Å². The van der Waals surface area contributed by atoms with E-state index in [0.29, 0.717) is 0 Å². The summed E-state index contributed by atoms with van der Waals surface area (Å²) in [6, 6.07) is 0. The quantitative estimate of drug-likeness (QED) is 0.649. The molecule has 0 saturated heterocycles. The lowest BCUT2D eigenvalue weighted by Gasteiger charge is -2.12. The van der Waals surface area contributed by atoms with Crippen molar-refractivity contribution in [3.8, 4) is 0 Å². The van der Waals surface area contributed by atoms with Crippen LogP contribution in [0.15, 0.2) is 0 Å². The first-order valence-electron chi connectivity index (χ1n) is 4.39. The molecule has 5 nitrogen and oxygen atoms in total. The number of carbonyl (C=O) groups excluding carboxylic acids is 2. The highest BCUT2D eigenvalue weighted by Gasteiger charge is 2.15. The largest absolute Gasteiger partial charge is 0.508 e. The normalized spacial score (nSPS) is 12.1. The molecule has 0 heterocycles.